The second kappa shape index (κ2) is 18.4. The number of rotatable bonds is 19. The van der Waals surface area contributed by atoms with E-state index < -0.39 is 53.4 Å². The van der Waals surface area contributed by atoms with Gasteiger partial charge < -0.3 is 26.0 Å². The van der Waals surface area contributed by atoms with Crippen LogP contribution in [-0.2, 0) is 36.8 Å². The molecular formula is C41H51N4O6. The first-order valence-electron chi connectivity index (χ1n) is 17.8. The van der Waals surface area contributed by atoms with E-state index in [0.717, 1.165) is 11.1 Å². The Morgan fingerprint density at radius 2 is 1.16 bits per heavy atom. The Kier molecular flexibility index (Phi) is 14.1. The van der Waals surface area contributed by atoms with E-state index in [1.165, 1.54) is 0 Å². The molecule has 1 aliphatic heterocycles. The van der Waals surface area contributed by atoms with Gasteiger partial charge in [0.1, 0.15) is 23.7 Å². The van der Waals surface area contributed by atoms with Gasteiger partial charge in [0.15, 0.2) is 5.78 Å². The van der Waals surface area contributed by atoms with Gasteiger partial charge in [-0.3, -0.25) is 24.0 Å². The Labute approximate surface area is 301 Å². The summed E-state index contributed by atoms with van der Waals surface area (Å²) >= 11 is 0. The zero-order valence-electron chi connectivity index (χ0n) is 30.2. The zero-order chi connectivity index (χ0) is 37.0. The minimum absolute atomic E-state index is 0.00714. The first kappa shape index (κ1) is 39.0. The average molecular weight is 696 g/mol. The van der Waals surface area contributed by atoms with Crippen LogP contribution in [0.2, 0.25) is 0 Å². The summed E-state index contributed by atoms with van der Waals surface area (Å²) in [6.45, 7) is 9.83. The van der Waals surface area contributed by atoms with Gasteiger partial charge >= 0.3 is 0 Å². The SMILES string of the molecule is CC(C)C[C@H](NC(=O)[C@H](CCc1ccccc1)NC(=O)c1cc[c]cc1)C(=O)N[C@@H](Cc1ccccc1)C(=O)N[C@@H](CC(C)C)C(=O)[C@@]1(C)CO1. The third-order valence-corrected chi connectivity index (χ3v) is 8.86. The molecule has 3 aromatic carbocycles. The average Bonchev–Trinajstić information content (AvgIpc) is 3.87. The lowest BCUT2D eigenvalue weighted by molar-refractivity contribution is -0.134. The Morgan fingerprint density at radius 3 is 1.73 bits per heavy atom. The van der Waals surface area contributed by atoms with Gasteiger partial charge in [0, 0.05) is 12.0 Å². The lowest BCUT2D eigenvalue weighted by Crippen LogP contribution is -2.59. The lowest BCUT2D eigenvalue weighted by Gasteiger charge is -2.28. The molecule has 1 aliphatic rings. The van der Waals surface area contributed by atoms with E-state index in [4.69, 9.17) is 4.74 Å². The molecule has 4 amide bonds. The fourth-order valence-corrected chi connectivity index (χ4v) is 5.91. The predicted molar refractivity (Wildman–Crippen MR) is 196 cm³/mol. The minimum Gasteiger partial charge on any atom is -0.361 e. The molecule has 1 saturated heterocycles. The van der Waals surface area contributed by atoms with Crippen LogP contribution in [0.5, 0.6) is 0 Å². The third kappa shape index (κ3) is 12.2. The normalized spacial score (nSPS) is 17.5. The van der Waals surface area contributed by atoms with E-state index in [9.17, 15) is 24.0 Å². The predicted octanol–water partition coefficient (Wildman–Crippen LogP) is 4.37. The van der Waals surface area contributed by atoms with E-state index in [1.807, 2.05) is 88.4 Å². The number of ketones is 1. The first-order chi connectivity index (χ1) is 24.3. The molecule has 1 heterocycles. The molecule has 3 aromatic rings. The second-order valence-electron chi connectivity index (χ2n) is 14.4. The summed E-state index contributed by atoms with van der Waals surface area (Å²) in [6.07, 6.45) is 1.68. The largest absolute Gasteiger partial charge is 0.361 e. The maximum atomic E-state index is 14.0. The van der Waals surface area contributed by atoms with Crippen LogP contribution in [0, 0.1) is 17.9 Å². The molecule has 4 N–H and O–H groups in total. The highest BCUT2D eigenvalue weighted by Crippen LogP contribution is 2.29. The fourth-order valence-electron chi connectivity index (χ4n) is 5.91. The van der Waals surface area contributed by atoms with E-state index in [0.29, 0.717) is 31.4 Å². The first-order valence-corrected chi connectivity index (χ1v) is 17.8. The molecule has 5 atom stereocenters. The number of aryl methyl sites for hydroxylation is 1. The van der Waals surface area contributed by atoms with Crippen LogP contribution < -0.4 is 21.3 Å². The van der Waals surface area contributed by atoms with Gasteiger partial charge in [0.05, 0.1) is 12.6 Å². The number of hydrogen-bond acceptors (Lipinski definition) is 6. The number of amides is 4. The Bertz CT molecular complexity index is 1610. The maximum absolute atomic E-state index is 14.0. The summed E-state index contributed by atoms with van der Waals surface area (Å²) in [5.74, 6) is -2.04. The van der Waals surface area contributed by atoms with Crippen LogP contribution in [-0.4, -0.2) is 65.8 Å². The van der Waals surface area contributed by atoms with Crippen molar-refractivity contribution < 1.29 is 28.7 Å². The molecular weight excluding hydrogens is 644 g/mol. The number of benzene rings is 3. The van der Waals surface area contributed by atoms with E-state index in [1.54, 1.807) is 31.2 Å². The molecule has 0 bridgehead atoms. The van der Waals surface area contributed by atoms with Crippen molar-refractivity contribution in [3.8, 4) is 0 Å². The molecule has 0 aromatic heterocycles. The fraction of sp³-hybridized carbons (Fsp3) is 0.439. The number of carbonyl (C=O) groups is 5. The van der Waals surface area contributed by atoms with E-state index in [-0.39, 0.29) is 30.5 Å². The molecule has 271 valence electrons. The molecule has 0 aliphatic carbocycles. The van der Waals surface area contributed by atoms with Crippen LogP contribution in [0.3, 0.4) is 0 Å². The summed E-state index contributed by atoms with van der Waals surface area (Å²) in [4.78, 5) is 68.4. The smallest absolute Gasteiger partial charge is 0.251 e. The maximum Gasteiger partial charge on any atom is 0.251 e. The van der Waals surface area contributed by atoms with Crippen molar-refractivity contribution in [3.05, 3.63) is 108 Å². The molecule has 4 rings (SSSR count). The number of carbonyl (C=O) groups excluding carboxylic acids is 5. The molecule has 10 nitrogen and oxygen atoms in total. The van der Waals surface area contributed by atoms with Crippen LogP contribution in [0.1, 0.15) is 75.4 Å². The molecule has 0 spiro atoms. The molecule has 1 radical (unpaired) electrons. The number of epoxide rings is 1. The third-order valence-electron chi connectivity index (χ3n) is 8.86. The topological polar surface area (TPSA) is 146 Å². The van der Waals surface area contributed by atoms with Crippen molar-refractivity contribution in [2.24, 2.45) is 11.8 Å². The summed E-state index contributed by atoms with van der Waals surface area (Å²) in [5.41, 5.74) is 1.27. The highest BCUT2D eigenvalue weighted by molar-refractivity contribution is 6.00. The van der Waals surface area contributed by atoms with Gasteiger partial charge in [-0.05, 0) is 73.8 Å². The van der Waals surface area contributed by atoms with E-state index >= 15 is 0 Å². The van der Waals surface area contributed by atoms with Crippen LogP contribution in [0.4, 0.5) is 0 Å². The van der Waals surface area contributed by atoms with E-state index in [2.05, 4.69) is 27.3 Å². The molecule has 51 heavy (non-hydrogen) atoms. The number of ether oxygens (including phenoxy) is 1. The lowest BCUT2D eigenvalue weighted by atomic mass is 9.93. The molecule has 0 unspecified atom stereocenters. The zero-order valence-corrected chi connectivity index (χ0v) is 30.2. The van der Waals surface area contributed by atoms with Crippen molar-refractivity contribution in [3.63, 3.8) is 0 Å². The van der Waals surface area contributed by atoms with Gasteiger partial charge in [-0.15, -0.1) is 0 Å². The van der Waals surface area contributed by atoms with Gasteiger partial charge in [-0.1, -0.05) is 100 Å². The van der Waals surface area contributed by atoms with Crippen LogP contribution in [0.15, 0.2) is 84.9 Å². The van der Waals surface area contributed by atoms with Crippen molar-refractivity contribution in [1.29, 1.82) is 0 Å². The van der Waals surface area contributed by atoms with Crippen molar-refractivity contribution in [1.82, 2.24) is 21.3 Å². The summed E-state index contributed by atoms with van der Waals surface area (Å²) in [7, 11) is 0. The van der Waals surface area contributed by atoms with Gasteiger partial charge in [0.25, 0.3) is 5.91 Å². The van der Waals surface area contributed by atoms with Crippen LogP contribution >= 0.6 is 0 Å². The Morgan fingerprint density at radius 1 is 0.667 bits per heavy atom. The summed E-state index contributed by atoms with van der Waals surface area (Å²) in [5, 5.41) is 11.5. The van der Waals surface area contributed by atoms with Crippen LogP contribution in [0.25, 0.3) is 0 Å². The standard InChI is InChI=1S/C41H51N4O6/c1-27(2)23-33(36(46)41(5)26-51-41)43-40(50)35(25-30-17-11-7-12-18-30)45-39(49)34(24-28(3)4)44-38(48)32(22-21-29-15-9-6-10-16-29)42-37(47)31-19-13-8-14-20-31/h6-7,9-20,27-28,32-35H,21-26H2,1-5H3,(H,42,47)(H,43,50)(H,44,48)(H,45,49)/t32-,33-,34-,35-,41+/m0/s1. The number of nitrogens with one attached hydrogen (secondary N) is 4. The molecule has 10 heteroatoms. The highest BCUT2D eigenvalue weighted by Gasteiger charge is 2.50. The number of hydrogen-bond donors (Lipinski definition) is 4. The Hall–Kier alpha value is -4.83. The minimum atomic E-state index is -1.04. The van der Waals surface area contributed by atoms with Gasteiger partial charge in [0.2, 0.25) is 17.7 Å². The molecule has 1 fully saturated rings. The second-order valence-corrected chi connectivity index (χ2v) is 14.4. The van der Waals surface area contributed by atoms with Crippen molar-refractivity contribution in [2.75, 3.05) is 6.61 Å². The summed E-state index contributed by atoms with van der Waals surface area (Å²) in [6, 6.07) is 24.5. The number of Topliss-reactive ketones (excluding diaryl/α,β-unsaturated/α-hetero) is 1. The molecule has 0 saturated carbocycles. The Balaban J connectivity index is 1.54. The summed E-state index contributed by atoms with van der Waals surface area (Å²) < 4.78 is 5.40. The monoisotopic (exact) mass is 695 g/mol. The van der Waals surface area contributed by atoms with Gasteiger partial charge in [-0.25, -0.2) is 0 Å². The van der Waals surface area contributed by atoms with Crippen molar-refractivity contribution >= 4 is 29.4 Å². The van der Waals surface area contributed by atoms with Gasteiger partial charge in [-0.2, -0.15) is 0 Å². The highest BCUT2D eigenvalue weighted by atomic mass is 16.6. The van der Waals surface area contributed by atoms with Crippen molar-refractivity contribution in [2.45, 2.75) is 96.5 Å². The quantitative estimate of drug-likeness (QED) is 0.137.